The van der Waals surface area contributed by atoms with Crippen molar-refractivity contribution in [3.05, 3.63) is 223 Å². The smallest absolute Gasteiger partial charge is 0.0540 e. The summed E-state index contributed by atoms with van der Waals surface area (Å²) in [5.74, 6) is 0. The van der Waals surface area contributed by atoms with E-state index in [4.69, 9.17) is 0 Å². The van der Waals surface area contributed by atoms with E-state index in [1.807, 2.05) is 0 Å². The van der Waals surface area contributed by atoms with E-state index in [-0.39, 0.29) is 5.41 Å². The molecule has 1 heteroatoms. The van der Waals surface area contributed by atoms with Gasteiger partial charge in [0, 0.05) is 22.4 Å². The van der Waals surface area contributed by atoms with Gasteiger partial charge in [0.05, 0.1) is 5.69 Å². The second-order valence-corrected chi connectivity index (χ2v) is 15.3. The van der Waals surface area contributed by atoms with Crippen molar-refractivity contribution in [2.24, 2.45) is 0 Å². The van der Waals surface area contributed by atoms with Crippen LogP contribution >= 0.6 is 0 Å². The van der Waals surface area contributed by atoms with Crippen LogP contribution < -0.4 is 4.90 Å². The van der Waals surface area contributed by atoms with Crippen LogP contribution in [-0.4, -0.2) is 0 Å². The second kappa shape index (κ2) is 13.7. The molecule has 0 saturated heterocycles. The topological polar surface area (TPSA) is 3.24 Å². The minimum atomic E-state index is -0.0454. The number of hydrogen-bond donors (Lipinski definition) is 0. The van der Waals surface area contributed by atoms with Gasteiger partial charge in [0.25, 0.3) is 0 Å². The molecule has 56 heavy (non-hydrogen) atoms. The minimum absolute atomic E-state index is 0.0454. The predicted molar refractivity (Wildman–Crippen MR) is 238 cm³/mol. The van der Waals surface area contributed by atoms with Crippen LogP contribution in [-0.2, 0) is 5.41 Å². The Hall–Kier alpha value is -6.96. The Kier molecular flexibility index (Phi) is 8.23. The van der Waals surface area contributed by atoms with E-state index < -0.39 is 0 Å². The first-order chi connectivity index (χ1) is 27.6. The maximum absolute atomic E-state index is 2.42. The molecule has 0 fully saturated rings. The largest absolute Gasteiger partial charge is 0.310 e. The summed E-state index contributed by atoms with van der Waals surface area (Å²) in [7, 11) is 0. The fourth-order valence-corrected chi connectivity index (χ4v) is 8.97. The van der Waals surface area contributed by atoms with Gasteiger partial charge in [-0.25, -0.2) is 0 Å². The Morgan fingerprint density at radius 2 is 0.786 bits per heavy atom. The molecule has 0 unspecified atom stereocenters. The van der Waals surface area contributed by atoms with Crippen LogP contribution in [0.2, 0.25) is 0 Å². The third-order valence-corrected chi connectivity index (χ3v) is 11.7. The Labute approximate surface area is 329 Å². The summed E-state index contributed by atoms with van der Waals surface area (Å²) in [4.78, 5) is 2.42. The van der Waals surface area contributed by atoms with Gasteiger partial charge in [0.1, 0.15) is 0 Å². The zero-order valence-corrected chi connectivity index (χ0v) is 31.7. The van der Waals surface area contributed by atoms with Crippen molar-refractivity contribution in [2.75, 3.05) is 4.90 Å². The van der Waals surface area contributed by atoms with Crippen molar-refractivity contribution >= 4 is 27.8 Å². The molecule has 1 nitrogen and oxygen atoms in total. The fourth-order valence-electron chi connectivity index (χ4n) is 8.97. The number of benzene rings is 9. The molecule has 0 saturated carbocycles. The van der Waals surface area contributed by atoms with Crippen molar-refractivity contribution in [3.63, 3.8) is 0 Å². The second-order valence-electron chi connectivity index (χ2n) is 15.3. The molecule has 9 aromatic carbocycles. The highest BCUT2D eigenvalue weighted by Gasteiger charge is 2.36. The van der Waals surface area contributed by atoms with Gasteiger partial charge >= 0.3 is 0 Å². The summed E-state index contributed by atoms with van der Waals surface area (Å²) in [6.45, 7) is 4.70. The van der Waals surface area contributed by atoms with E-state index in [9.17, 15) is 0 Å². The van der Waals surface area contributed by atoms with Gasteiger partial charge in [-0.15, -0.1) is 0 Å². The molecule has 9 aromatic rings. The molecule has 1 aliphatic carbocycles. The van der Waals surface area contributed by atoms with E-state index in [0.29, 0.717) is 0 Å². The lowest BCUT2D eigenvalue weighted by Gasteiger charge is -2.29. The van der Waals surface area contributed by atoms with Crippen LogP contribution in [0.4, 0.5) is 17.1 Å². The molecule has 0 radical (unpaired) electrons. The molecule has 1 aliphatic rings. The lowest BCUT2D eigenvalue weighted by atomic mass is 9.82. The van der Waals surface area contributed by atoms with E-state index in [1.165, 1.54) is 77.5 Å². The molecule has 0 bridgehead atoms. The number of rotatable bonds is 7. The standard InChI is InChI=1S/C55H41N/c1-55(2)50-27-11-9-23-49(50)54-46(25-15-28-51(54)55)41-32-36-44(37-33-41)56(43-34-30-39(31-35-43)38-16-5-3-6-17-38)52-29-12-10-22-47(52)48-26-14-21-42-20-13-24-45(53(42)48)40-18-7-4-8-19-40/h3-37H,1-2H3. The maximum atomic E-state index is 2.42. The van der Waals surface area contributed by atoms with Crippen LogP contribution in [0.3, 0.4) is 0 Å². The molecule has 0 heterocycles. The Morgan fingerprint density at radius 3 is 1.48 bits per heavy atom. The van der Waals surface area contributed by atoms with Crippen LogP contribution in [0.25, 0.3) is 66.4 Å². The van der Waals surface area contributed by atoms with Crippen LogP contribution in [0.1, 0.15) is 25.0 Å². The molecule has 0 aromatic heterocycles. The quantitative estimate of drug-likeness (QED) is 0.159. The normalized spacial score (nSPS) is 12.6. The fraction of sp³-hybridized carbons (Fsp3) is 0.0545. The molecular weight excluding hydrogens is 675 g/mol. The first-order valence-electron chi connectivity index (χ1n) is 19.5. The summed E-state index contributed by atoms with van der Waals surface area (Å²) in [6.07, 6.45) is 0. The third-order valence-electron chi connectivity index (χ3n) is 11.7. The average Bonchev–Trinajstić information content (AvgIpc) is 3.50. The van der Waals surface area contributed by atoms with E-state index >= 15 is 0 Å². The Balaban J connectivity index is 1.14. The van der Waals surface area contributed by atoms with Gasteiger partial charge in [-0.3, -0.25) is 0 Å². The molecule has 0 atom stereocenters. The summed E-state index contributed by atoms with van der Waals surface area (Å²) >= 11 is 0. The number of hydrogen-bond acceptors (Lipinski definition) is 1. The number of para-hydroxylation sites is 1. The van der Waals surface area contributed by atoms with Gasteiger partial charge in [-0.1, -0.05) is 196 Å². The van der Waals surface area contributed by atoms with Crippen LogP contribution in [0.5, 0.6) is 0 Å². The lowest BCUT2D eigenvalue weighted by Crippen LogP contribution is -2.14. The van der Waals surface area contributed by atoms with Crippen molar-refractivity contribution in [2.45, 2.75) is 19.3 Å². The Bertz CT molecular complexity index is 2840. The molecule has 0 amide bonds. The molecule has 0 spiro atoms. The van der Waals surface area contributed by atoms with Gasteiger partial charge in [-0.2, -0.15) is 0 Å². The van der Waals surface area contributed by atoms with E-state index in [0.717, 1.165) is 17.1 Å². The highest BCUT2D eigenvalue weighted by molar-refractivity contribution is 6.09. The molecule has 0 N–H and O–H groups in total. The summed E-state index contributed by atoms with van der Waals surface area (Å²) in [5, 5.41) is 2.48. The summed E-state index contributed by atoms with van der Waals surface area (Å²) in [5.41, 5.74) is 18.5. The summed E-state index contributed by atoms with van der Waals surface area (Å²) < 4.78 is 0. The molecule has 10 rings (SSSR count). The van der Waals surface area contributed by atoms with E-state index in [2.05, 4.69) is 231 Å². The molecular formula is C55H41N. The van der Waals surface area contributed by atoms with Gasteiger partial charge in [-0.05, 0) is 102 Å². The van der Waals surface area contributed by atoms with E-state index in [1.54, 1.807) is 0 Å². The van der Waals surface area contributed by atoms with Gasteiger partial charge in [0.15, 0.2) is 0 Å². The van der Waals surface area contributed by atoms with Crippen molar-refractivity contribution in [3.8, 4) is 55.6 Å². The lowest BCUT2D eigenvalue weighted by molar-refractivity contribution is 0.660. The van der Waals surface area contributed by atoms with Crippen molar-refractivity contribution < 1.29 is 0 Å². The first kappa shape index (κ1) is 33.6. The van der Waals surface area contributed by atoms with Crippen molar-refractivity contribution in [1.82, 2.24) is 0 Å². The average molecular weight is 716 g/mol. The van der Waals surface area contributed by atoms with Gasteiger partial charge < -0.3 is 4.90 Å². The van der Waals surface area contributed by atoms with Gasteiger partial charge in [0.2, 0.25) is 0 Å². The minimum Gasteiger partial charge on any atom is -0.310 e. The van der Waals surface area contributed by atoms with Crippen LogP contribution in [0, 0.1) is 0 Å². The zero-order valence-electron chi connectivity index (χ0n) is 31.7. The summed E-state index contributed by atoms with van der Waals surface area (Å²) in [6, 6.07) is 77.5. The Morgan fingerprint density at radius 1 is 0.321 bits per heavy atom. The SMILES string of the molecule is CC1(C)c2ccccc2-c2c(-c3ccc(N(c4ccc(-c5ccccc5)cc4)c4ccccc4-c4cccc5cccc(-c6ccccc6)c45)cc3)cccc21. The zero-order chi connectivity index (χ0) is 37.6. The first-order valence-corrected chi connectivity index (χ1v) is 19.5. The monoisotopic (exact) mass is 715 g/mol. The third kappa shape index (κ3) is 5.63. The number of anilines is 3. The number of nitrogens with zero attached hydrogens (tertiary/aromatic N) is 1. The molecule has 266 valence electrons. The molecule has 0 aliphatic heterocycles. The highest BCUT2D eigenvalue weighted by Crippen LogP contribution is 2.52. The number of fused-ring (bicyclic) bond motifs is 4. The predicted octanol–water partition coefficient (Wildman–Crippen LogP) is 15.3. The van der Waals surface area contributed by atoms with Crippen molar-refractivity contribution in [1.29, 1.82) is 0 Å². The maximum Gasteiger partial charge on any atom is 0.0540 e. The highest BCUT2D eigenvalue weighted by atomic mass is 15.1. The van der Waals surface area contributed by atoms with Crippen LogP contribution in [0.15, 0.2) is 212 Å².